The molecule has 0 bridgehead atoms. The van der Waals surface area contributed by atoms with Crippen LogP contribution in [0, 0.1) is 0 Å². The summed E-state index contributed by atoms with van der Waals surface area (Å²) in [5.74, 6) is -0.308. The first kappa shape index (κ1) is 11.3. The molecule has 0 rings (SSSR count). The lowest BCUT2D eigenvalue weighted by molar-refractivity contribution is -0.110. The van der Waals surface area contributed by atoms with Crippen LogP contribution in [-0.4, -0.2) is 33.2 Å². The van der Waals surface area contributed by atoms with Crippen molar-refractivity contribution >= 4 is 26.1 Å². The molecule has 0 aromatic carbocycles. The molecule has 0 spiro atoms. The van der Waals surface area contributed by atoms with Gasteiger partial charge in [0.2, 0.25) is 13.1 Å². The van der Waals surface area contributed by atoms with Crippen molar-refractivity contribution in [2.45, 2.75) is 26.0 Å². The zero-order valence-corrected chi connectivity index (χ0v) is 7.50. The second-order valence-corrected chi connectivity index (χ2v) is 2.47. The summed E-state index contributed by atoms with van der Waals surface area (Å²) in [5.41, 5.74) is 0.0769. The van der Waals surface area contributed by atoms with Crippen LogP contribution >= 0.6 is 0 Å². The van der Waals surface area contributed by atoms with E-state index in [9.17, 15) is 9.59 Å². The monoisotopic (exact) mass is 166 g/mol. The smallest absolute Gasteiger partial charge is 0.261 e. The Morgan fingerprint density at radius 2 is 1.83 bits per heavy atom. The predicted molar refractivity (Wildman–Crippen MR) is 48.8 cm³/mol. The number of methoxy groups -OCH3 is 1. The Hall–Kier alpha value is -0.730. The van der Waals surface area contributed by atoms with E-state index < -0.39 is 0 Å². The standard InChI is InChI=1S/C7H12B2O3/c1-6(10)8-4-3-5-9-7(11)12-2/h3-5H2,1-2H3. The molecule has 0 atom stereocenters. The van der Waals surface area contributed by atoms with Crippen molar-refractivity contribution in [2.75, 3.05) is 7.11 Å². The molecule has 3 nitrogen and oxygen atoms in total. The molecule has 0 unspecified atom stereocenters. The zero-order chi connectivity index (χ0) is 9.40. The van der Waals surface area contributed by atoms with Crippen molar-refractivity contribution in [3.05, 3.63) is 0 Å². The molecule has 0 N–H and O–H groups in total. The lowest BCUT2D eigenvalue weighted by Crippen LogP contribution is -2.09. The number of carbonyl (C=O) groups is 2. The van der Waals surface area contributed by atoms with Gasteiger partial charge in [0.05, 0.1) is 12.8 Å². The van der Waals surface area contributed by atoms with Crippen LogP contribution in [-0.2, 0) is 9.53 Å². The van der Waals surface area contributed by atoms with Crippen LogP contribution in [0.1, 0.15) is 13.3 Å². The van der Waals surface area contributed by atoms with E-state index >= 15 is 0 Å². The average molecular weight is 166 g/mol. The van der Waals surface area contributed by atoms with E-state index in [1.54, 1.807) is 7.28 Å². The normalized spacial score (nSPS) is 8.83. The van der Waals surface area contributed by atoms with Gasteiger partial charge >= 0.3 is 0 Å². The maximum atomic E-state index is 10.6. The van der Waals surface area contributed by atoms with E-state index in [1.165, 1.54) is 21.3 Å². The maximum absolute atomic E-state index is 10.6. The summed E-state index contributed by atoms with van der Waals surface area (Å²) in [7, 11) is 4.44. The Bertz CT molecular complexity index is 159. The molecule has 0 aliphatic carbocycles. The van der Waals surface area contributed by atoms with Gasteiger partial charge in [0, 0.05) is 0 Å². The molecule has 0 fully saturated rings. The Kier molecular flexibility index (Phi) is 6.53. The number of rotatable bonds is 6. The molecule has 2 radical (unpaired) electrons. The van der Waals surface area contributed by atoms with Crippen LogP contribution in [0.5, 0.6) is 0 Å². The molecular weight excluding hydrogens is 154 g/mol. The highest BCUT2D eigenvalue weighted by molar-refractivity contribution is 6.74. The van der Waals surface area contributed by atoms with Crippen LogP contribution in [0.15, 0.2) is 0 Å². The molecule has 0 amide bonds. The van der Waals surface area contributed by atoms with Crippen molar-refractivity contribution in [3.63, 3.8) is 0 Å². The largest absolute Gasteiger partial charge is 0.477 e. The van der Waals surface area contributed by atoms with Gasteiger partial charge in [-0.05, 0) is 6.92 Å². The fourth-order valence-electron chi connectivity index (χ4n) is 0.726. The number of carbonyl (C=O) groups excluding carboxylic acids is 2. The Morgan fingerprint density at radius 3 is 2.33 bits per heavy atom. The van der Waals surface area contributed by atoms with Crippen LogP contribution in [0.3, 0.4) is 0 Å². The summed E-state index contributed by atoms with van der Waals surface area (Å²) in [6.45, 7) is 1.52. The third kappa shape index (κ3) is 7.38. The second kappa shape index (κ2) is 6.95. The third-order valence-electron chi connectivity index (χ3n) is 1.35. The van der Waals surface area contributed by atoms with E-state index in [-0.39, 0.29) is 11.6 Å². The van der Waals surface area contributed by atoms with Crippen LogP contribution < -0.4 is 0 Å². The molecule has 0 aliphatic heterocycles. The number of hydrogen-bond donors (Lipinski definition) is 0. The number of hydrogen-bond acceptors (Lipinski definition) is 3. The Labute approximate surface area is 74.3 Å². The average Bonchev–Trinajstić information content (AvgIpc) is 2.03. The molecular formula is C7H12B2O3. The molecule has 0 aromatic heterocycles. The third-order valence-corrected chi connectivity index (χ3v) is 1.35. The predicted octanol–water partition coefficient (Wildman–Crippen LogP) is 0.934. The van der Waals surface area contributed by atoms with Crippen molar-refractivity contribution < 1.29 is 14.3 Å². The molecule has 5 heteroatoms. The SMILES string of the molecule is COC(=O)[B]CCC[B]C(C)=O. The lowest BCUT2D eigenvalue weighted by atomic mass is 9.65. The van der Waals surface area contributed by atoms with Gasteiger partial charge in [-0.1, -0.05) is 19.1 Å². The fourth-order valence-corrected chi connectivity index (χ4v) is 0.726. The van der Waals surface area contributed by atoms with Gasteiger partial charge in [0.1, 0.15) is 0 Å². The highest BCUT2D eigenvalue weighted by Gasteiger charge is 2.03. The zero-order valence-electron chi connectivity index (χ0n) is 7.50. The summed E-state index contributed by atoms with van der Waals surface area (Å²) in [4.78, 5) is 21.0. The molecule has 0 aromatic rings. The van der Waals surface area contributed by atoms with Gasteiger partial charge in [0.25, 0.3) is 7.28 Å². The van der Waals surface area contributed by atoms with E-state index in [1.807, 2.05) is 0 Å². The van der Waals surface area contributed by atoms with Crippen molar-refractivity contribution in [1.29, 1.82) is 0 Å². The quantitative estimate of drug-likeness (QED) is 0.435. The maximum Gasteiger partial charge on any atom is 0.261 e. The second-order valence-electron chi connectivity index (χ2n) is 2.47. The molecule has 0 aliphatic rings. The summed E-state index contributed by atoms with van der Waals surface area (Å²) in [6.07, 6.45) is 2.20. The van der Waals surface area contributed by atoms with Crippen LogP contribution in [0.4, 0.5) is 4.79 Å². The van der Waals surface area contributed by atoms with Gasteiger partial charge in [-0.25, -0.2) is 0 Å². The summed E-state index contributed by atoms with van der Waals surface area (Å²) >= 11 is 0. The highest BCUT2D eigenvalue weighted by atomic mass is 16.5. The minimum Gasteiger partial charge on any atom is -0.477 e. The highest BCUT2D eigenvalue weighted by Crippen LogP contribution is 1.96. The molecule has 0 heterocycles. The first-order chi connectivity index (χ1) is 5.66. The van der Waals surface area contributed by atoms with Gasteiger partial charge in [-0.3, -0.25) is 4.79 Å². The van der Waals surface area contributed by atoms with E-state index in [4.69, 9.17) is 0 Å². The van der Waals surface area contributed by atoms with Gasteiger partial charge in [0.15, 0.2) is 0 Å². The Balaban J connectivity index is 3.11. The summed E-state index contributed by atoms with van der Waals surface area (Å²) in [5, 5.41) is 0. The van der Waals surface area contributed by atoms with Gasteiger partial charge in [-0.2, -0.15) is 0 Å². The topological polar surface area (TPSA) is 43.4 Å². The molecule has 0 saturated heterocycles. The van der Waals surface area contributed by atoms with Crippen LogP contribution in [0.2, 0.25) is 12.6 Å². The van der Waals surface area contributed by atoms with Crippen molar-refractivity contribution in [1.82, 2.24) is 0 Å². The summed E-state index contributed by atoms with van der Waals surface area (Å²) in [6, 6.07) is 0. The lowest BCUT2D eigenvalue weighted by Gasteiger charge is -1.96. The summed E-state index contributed by atoms with van der Waals surface area (Å²) < 4.78 is 4.41. The van der Waals surface area contributed by atoms with Gasteiger partial charge < -0.3 is 9.53 Å². The van der Waals surface area contributed by atoms with Gasteiger partial charge in [-0.15, -0.1) is 0 Å². The Morgan fingerprint density at radius 1 is 1.25 bits per heavy atom. The minimum atomic E-state index is -0.308. The van der Waals surface area contributed by atoms with E-state index in [0.717, 1.165) is 12.7 Å². The van der Waals surface area contributed by atoms with Crippen LogP contribution in [0.25, 0.3) is 0 Å². The molecule has 64 valence electrons. The molecule has 12 heavy (non-hydrogen) atoms. The fraction of sp³-hybridized carbons (Fsp3) is 0.714. The van der Waals surface area contributed by atoms with Crippen molar-refractivity contribution in [3.8, 4) is 0 Å². The van der Waals surface area contributed by atoms with E-state index in [0.29, 0.717) is 6.32 Å². The minimum absolute atomic E-state index is 0.0769. The molecule has 0 saturated carbocycles. The van der Waals surface area contributed by atoms with E-state index in [2.05, 4.69) is 4.74 Å². The first-order valence-electron chi connectivity index (χ1n) is 3.91. The number of ether oxygens (including phenoxy) is 1. The first-order valence-corrected chi connectivity index (χ1v) is 3.91. The van der Waals surface area contributed by atoms with Crippen molar-refractivity contribution in [2.24, 2.45) is 0 Å².